The third kappa shape index (κ3) is 5.24. The van der Waals surface area contributed by atoms with Gasteiger partial charge in [-0.15, -0.1) is 0 Å². The van der Waals surface area contributed by atoms with Crippen LogP contribution in [0, 0.1) is 5.92 Å². The van der Waals surface area contributed by atoms with Crippen LogP contribution in [0.25, 0.3) is 0 Å². The molecule has 0 aromatic rings. The molecule has 3 heterocycles. The summed E-state index contributed by atoms with van der Waals surface area (Å²) < 4.78 is 34.2. The van der Waals surface area contributed by atoms with E-state index in [0.29, 0.717) is 52.4 Å². The van der Waals surface area contributed by atoms with E-state index in [1.54, 1.807) is 4.31 Å². The average molecular weight is 417 g/mol. The van der Waals surface area contributed by atoms with Crippen LogP contribution >= 0.6 is 0 Å². The molecule has 0 aromatic heterocycles. The van der Waals surface area contributed by atoms with E-state index in [2.05, 4.69) is 4.90 Å². The molecular weight excluding hydrogens is 380 g/mol. The van der Waals surface area contributed by atoms with E-state index in [0.717, 1.165) is 26.1 Å². The number of hydrogen-bond donors (Lipinski definition) is 0. The summed E-state index contributed by atoms with van der Waals surface area (Å²) in [5.74, 6) is 0.0636. The lowest BCUT2D eigenvalue weighted by molar-refractivity contribution is -0.136. The van der Waals surface area contributed by atoms with Crippen LogP contribution < -0.4 is 0 Å². The first-order valence-corrected chi connectivity index (χ1v) is 12.1. The number of nitrogens with zero attached hydrogens (tertiary/aromatic N) is 4. The zero-order valence-electron chi connectivity index (χ0n) is 17.4. The number of rotatable bonds is 8. The molecule has 9 heteroatoms. The van der Waals surface area contributed by atoms with Crippen molar-refractivity contribution < 1.29 is 17.9 Å². The predicted molar refractivity (Wildman–Crippen MR) is 108 cm³/mol. The highest BCUT2D eigenvalue weighted by Gasteiger charge is 2.39. The zero-order valence-corrected chi connectivity index (χ0v) is 18.2. The molecule has 0 bridgehead atoms. The molecule has 3 rings (SSSR count). The van der Waals surface area contributed by atoms with Crippen LogP contribution in [0.2, 0.25) is 0 Å². The Kier molecular flexibility index (Phi) is 7.72. The van der Waals surface area contributed by atoms with E-state index in [4.69, 9.17) is 4.74 Å². The van der Waals surface area contributed by atoms with E-state index in [1.807, 2.05) is 18.7 Å². The number of morpholine rings is 1. The number of carbonyl (C=O) groups excluding carboxylic acids is 1. The van der Waals surface area contributed by atoms with Crippen molar-refractivity contribution in [1.29, 1.82) is 0 Å². The Balaban J connectivity index is 1.59. The third-order valence-electron chi connectivity index (χ3n) is 6.04. The summed E-state index contributed by atoms with van der Waals surface area (Å²) >= 11 is 0. The van der Waals surface area contributed by atoms with E-state index in [1.165, 1.54) is 17.1 Å². The average Bonchev–Trinajstić information content (AvgIpc) is 3.37. The van der Waals surface area contributed by atoms with Crippen LogP contribution in [0.15, 0.2) is 0 Å². The molecule has 1 unspecified atom stereocenters. The van der Waals surface area contributed by atoms with Crippen molar-refractivity contribution in [1.82, 2.24) is 18.4 Å². The maximum atomic E-state index is 12.9. The molecule has 0 aliphatic carbocycles. The van der Waals surface area contributed by atoms with E-state index >= 15 is 0 Å². The van der Waals surface area contributed by atoms with Crippen LogP contribution in [-0.2, 0) is 19.7 Å². The van der Waals surface area contributed by atoms with Crippen molar-refractivity contribution in [3.63, 3.8) is 0 Å². The largest absolute Gasteiger partial charge is 0.379 e. The molecule has 3 aliphatic heterocycles. The molecular formula is C19H36N4O4S. The first-order valence-electron chi connectivity index (χ1n) is 10.8. The lowest BCUT2D eigenvalue weighted by Crippen LogP contribution is -2.50. The molecule has 8 nitrogen and oxygen atoms in total. The summed E-state index contributed by atoms with van der Waals surface area (Å²) in [6.07, 6.45) is 4.20. The Labute approximate surface area is 170 Å². The molecule has 28 heavy (non-hydrogen) atoms. The van der Waals surface area contributed by atoms with E-state index < -0.39 is 10.2 Å². The van der Waals surface area contributed by atoms with Crippen LogP contribution in [-0.4, -0.2) is 104 Å². The molecule has 0 spiro atoms. The maximum Gasteiger partial charge on any atom is 0.282 e. The highest BCUT2D eigenvalue weighted by atomic mass is 32.2. The molecule has 0 N–H and O–H groups in total. The van der Waals surface area contributed by atoms with Crippen LogP contribution in [0.4, 0.5) is 0 Å². The normalized spacial score (nSPS) is 25.6. The summed E-state index contributed by atoms with van der Waals surface area (Å²) in [6.45, 7) is 10.5. The van der Waals surface area contributed by atoms with Gasteiger partial charge < -0.3 is 14.5 Å². The van der Waals surface area contributed by atoms with Crippen molar-refractivity contribution in [2.24, 2.45) is 5.92 Å². The SMILES string of the molecule is CC(C)C(=O)N(CCCN1CCCC1)C1CCN(S(=O)(=O)N2CCOCC2)C1. The van der Waals surface area contributed by atoms with Gasteiger partial charge in [0.15, 0.2) is 0 Å². The van der Waals surface area contributed by atoms with Gasteiger partial charge >= 0.3 is 0 Å². The number of ether oxygens (including phenoxy) is 1. The highest BCUT2D eigenvalue weighted by Crippen LogP contribution is 2.23. The second kappa shape index (κ2) is 9.84. The van der Waals surface area contributed by atoms with E-state index in [-0.39, 0.29) is 17.9 Å². The molecule has 0 radical (unpaired) electrons. The van der Waals surface area contributed by atoms with Crippen molar-refractivity contribution in [3.05, 3.63) is 0 Å². The summed E-state index contributed by atoms with van der Waals surface area (Å²) in [5.41, 5.74) is 0. The smallest absolute Gasteiger partial charge is 0.282 e. The van der Waals surface area contributed by atoms with Gasteiger partial charge in [-0.25, -0.2) is 0 Å². The quantitative estimate of drug-likeness (QED) is 0.580. The Morgan fingerprint density at radius 1 is 1.07 bits per heavy atom. The molecule has 3 fully saturated rings. The third-order valence-corrected chi connectivity index (χ3v) is 8.04. The standard InChI is InChI=1S/C19H36N4O4S/c1-17(2)19(24)23(10-5-9-20-7-3-4-8-20)18-6-11-22(16-18)28(25,26)21-12-14-27-15-13-21/h17-18H,3-16H2,1-2H3. The zero-order chi connectivity index (χ0) is 20.1. The monoisotopic (exact) mass is 416 g/mol. The van der Waals surface area contributed by atoms with Crippen LogP contribution in [0.1, 0.15) is 39.5 Å². The number of hydrogen-bond acceptors (Lipinski definition) is 5. The Morgan fingerprint density at radius 2 is 1.75 bits per heavy atom. The van der Waals surface area contributed by atoms with Crippen molar-refractivity contribution in [3.8, 4) is 0 Å². The number of carbonyl (C=O) groups is 1. The molecule has 1 atom stereocenters. The first-order chi connectivity index (χ1) is 13.4. The summed E-state index contributed by atoms with van der Waals surface area (Å²) in [6, 6.07) is -0.0238. The fourth-order valence-corrected chi connectivity index (χ4v) is 6.02. The number of likely N-dealkylation sites (tertiary alicyclic amines) is 1. The van der Waals surface area contributed by atoms with Gasteiger partial charge in [0.1, 0.15) is 0 Å². The Hall–Kier alpha value is -0.740. The summed E-state index contributed by atoms with van der Waals surface area (Å²) in [7, 11) is -3.47. The second-order valence-electron chi connectivity index (χ2n) is 8.41. The highest BCUT2D eigenvalue weighted by molar-refractivity contribution is 7.86. The first kappa shape index (κ1) is 22.0. The maximum absolute atomic E-state index is 12.9. The second-order valence-corrected chi connectivity index (χ2v) is 10.3. The molecule has 0 saturated carbocycles. The predicted octanol–water partition coefficient (Wildman–Crippen LogP) is 0.608. The van der Waals surface area contributed by atoms with Gasteiger partial charge in [0, 0.05) is 44.7 Å². The van der Waals surface area contributed by atoms with Gasteiger partial charge in [0.05, 0.1) is 13.2 Å². The molecule has 162 valence electrons. The molecule has 1 amide bonds. The number of amides is 1. The van der Waals surface area contributed by atoms with E-state index in [9.17, 15) is 13.2 Å². The molecule has 0 aromatic carbocycles. The van der Waals surface area contributed by atoms with Gasteiger partial charge in [-0.1, -0.05) is 13.8 Å². The lowest BCUT2D eigenvalue weighted by atomic mass is 10.1. The van der Waals surface area contributed by atoms with Gasteiger partial charge in [0.2, 0.25) is 5.91 Å². The van der Waals surface area contributed by atoms with Gasteiger partial charge in [-0.05, 0) is 45.3 Å². The minimum atomic E-state index is -3.47. The van der Waals surface area contributed by atoms with Crippen molar-refractivity contribution >= 4 is 16.1 Å². The molecule has 3 aliphatic rings. The Bertz CT molecular complexity index is 615. The van der Waals surface area contributed by atoms with Crippen molar-refractivity contribution in [2.75, 3.05) is 65.6 Å². The van der Waals surface area contributed by atoms with Crippen LogP contribution in [0.5, 0.6) is 0 Å². The van der Waals surface area contributed by atoms with Gasteiger partial charge in [0.25, 0.3) is 10.2 Å². The fraction of sp³-hybridized carbons (Fsp3) is 0.947. The van der Waals surface area contributed by atoms with Gasteiger partial charge in [-0.3, -0.25) is 4.79 Å². The topological polar surface area (TPSA) is 73.4 Å². The minimum Gasteiger partial charge on any atom is -0.379 e. The van der Waals surface area contributed by atoms with Crippen LogP contribution in [0.3, 0.4) is 0 Å². The van der Waals surface area contributed by atoms with Crippen molar-refractivity contribution in [2.45, 2.75) is 45.6 Å². The fourth-order valence-electron chi connectivity index (χ4n) is 4.39. The summed E-state index contributed by atoms with van der Waals surface area (Å²) in [4.78, 5) is 17.2. The lowest BCUT2D eigenvalue weighted by Gasteiger charge is -2.33. The molecule has 3 saturated heterocycles. The van der Waals surface area contributed by atoms with Gasteiger partial charge in [-0.2, -0.15) is 17.0 Å². The summed E-state index contributed by atoms with van der Waals surface area (Å²) in [5, 5.41) is 0. The Morgan fingerprint density at radius 3 is 2.39 bits per heavy atom. The minimum absolute atomic E-state index is 0.0238.